The Balaban J connectivity index is 1.86. The lowest BCUT2D eigenvalue weighted by Crippen LogP contribution is -2.45. The van der Waals surface area contributed by atoms with E-state index in [-0.39, 0.29) is 0 Å². The van der Waals surface area contributed by atoms with E-state index in [2.05, 4.69) is 71.1 Å². The molecule has 0 saturated carbocycles. The van der Waals surface area contributed by atoms with Crippen LogP contribution in [0.4, 0.5) is 0 Å². The molecular formula is C20H22N2S. The Morgan fingerprint density at radius 2 is 1.70 bits per heavy atom. The van der Waals surface area contributed by atoms with Crippen LogP contribution >= 0.6 is 11.3 Å². The number of fused-ring (bicyclic) bond motifs is 1. The highest BCUT2D eigenvalue weighted by Gasteiger charge is 2.26. The van der Waals surface area contributed by atoms with Crippen LogP contribution in [0.25, 0.3) is 10.1 Å². The average molecular weight is 322 g/mol. The molecule has 1 atom stereocenters. The first-order chi connectivity index (χ1) is 11.3. The molecule has 3 aromatic rings. The molecule has 3 heteroatoms. The third-order valence-corrected chi connectivity index (χ3v) is 5.79. The summed E-state index contributed by atoms with van der Waals surface area (Å²) in [6.45, 7) is 6.58. The molecule has 0 amide bonds. The first kappa shape index (κ1) is 14.9. The van der Waals surface area contributed by atoms with Crippen molar-refractivity contribution in [1.29, 1.82) is 0 Å². The number of hydrogen-bond donors (Lipinski definition) is 1. The van der Waals surface area contributed by atoms with Gasteiger partial charge in [0, 0.05) is 30.9 Å². The summed E-state index contributed by atoms with van der Waals surface area (Å²) in [5, 5.41) is 7.25. The van der Waals surface area contributed by atoms with Gasteiger partial charge < -0.3 is 5.32 Å². The fraction of sp³-hybridized carbons (Fsp3) is 0.300. The Bertz CT molecular complexity index is 802. The van der Waals surface area contributed by atoms with Crippen molar-refractivity contribution in [3.8, 4) is 0 Å². The summed E-state index contributed by atoms with van der Waals surface area (Å²) < 4.78 is 1.39. The molecule has 0 radical (unpaired) electrons. The lowest BCUT2D eigenvalue weighted by Gasteiger charge is -2.36. The van der Waals surface area contributed by atoms with E-state index in [1.165, 1.54) is 26.8 Å². The van der Waals surface area contributed by atoms with E-state index in [1.54, 1.807) is 0 Å². The zero-order chi connectivity index (χ0) is 15.6. The molecule has 2 heterocycles. The summed E-state index contributed by atoms with van der Waals surface area (Å²) >= 11 is 1.86. The summed E-state index contributed by atoms with van der Waals surface area (Å²) in [5.41, 5.74) is 4.28. The number of rotatable bonds is 3. The van der Waals surface area contributed by atoms with Crippen LogP contribution in [0.2, 0.25) is 0 Å². The molecule has 1 aliphatic rings. The number of aryl methyl sites for hydroxylation is 1. The van der Waals surface area contributed by atoms with Gasteiger partial charge in [-0.25, -0.2) is 0 Å². The predicted octanol–water partition coefficient (Wildman–Crippen LogP) is 4.20. The molecule has 1 N–H and O–H groups in total. The van der Waals surface area contributed by atoms with Crippen LogP contribution in [-0.2, 0) is 0 Å². The summed E-state index contributed by atoms with van der Waals surface area (Å²) in [5.74, 6) is 0. The second kappa shape index (κ2) is 6.44. The van der Waals surface area contributed by atoms with Crippen molar-refractivity contribution in [2.24, 2.45) is 0 Å². The van der Waals surface area contributed by atoms with Crippen LogP contribution in [0.1, 0.15) is 22.7 Å². The van der Waals surface area contributed by atoms with Crippen molar-refractivity contribution in [1.82, 2.24) is 10.2 Å². The second-order valence-electron chi connectivity index (χ2n) is 6.23. The molecule has 2 aromatic carbocycles. The topological polar surface area (TPSA) is 15.3 Å². The molecule has 0 bridgehead atoms. The van der Waals surface area contributed by atoms with Crippen molar-refractivity contribution in [3.05, 3.63) is 70.6 Å². The first-order valence-corrected chi connectivity index (χ1v) is 9.19. The minimum atomic E-state index is 0.356. The van der Waals surface area contributed by atoms with Gasteiger partial charge in [0.1, 0.15) is 0 Å². The van der Waals surface area contributed by atoms with E-state index in [1.807, 2.05) is 11.3 Å². The van der Waals surface area contributed by atoms with Gasteiger partial charge in [0.15, 0.2) is 0 Å². The summed E-state index contributed by atoms with van der Waals surface area (Å²) in [4.78, 5) is 2.63. The van der Waals surface area contributed by atoms with Gasteiger partial charge in [-0.15, -0.1) is 11.3 Å². The van der Waals surface area contributed by atoms with Gasteiger partial charge in [0.05, 0.1) is 6.04 Å². The molecule has 23 heavy (non-hydrogen) atoms. The number of hydrogen-bond acceptors (Lipinski definition) is 3. The third-order valence-electron chi connectivity index (χ3n) is 4.81. The second-order valence-corrected chi connectivity index (χ2v) is 7.14. The number of nitrogens with one attached hydrogen (secondary N) is 1. The maximum atomic E-state index is 3.48. The molecule has 2 nitrogen and oxygen atoms in total. The van der Waals surface area contributed by atoms with Crippen molar-refractivity contribution in [3.63, 3.8) is 0 Å². The maximum absolute atomic E-state index is 3.48. The Kier molecular flexibility index (Phi) is 4.17. The quantitative estimate of drug-likeness (QED) is 0.777. The largest absolute Gasteiger partial charge is 0.314 e. The van der Waals surface area contributed by atoms with Gasteiger partial charge in [-0.1, -0.05) is 42.5 Å². The third kappa shape index (κ3) is 2.80. The minimum absolute atomic E-state index is 0.356. The zero-order valence-electron chi connectivity index (χ0n) is 13.5. The Labute approximate surface area is 141 Å². The SMILES string of the molecule is Cc1ccccc1C(c1csc2ccccc12)N1CCNCC1. The highest BCUT2D eigenvalue weighted by molar-refractivity contribution is 7.17. The van der Waals surface area contributed by atoms with Crippen molar-refractivity contribution in [2.75, 3.05) is 26.2 Å². The van der Waals surface area contributed by atoms with E-state index in [0.717, 1.165) is 26.2 Å². The highest BCUT2D eigenvalue weighted by Crippen LogP contribution is 2.38. The Morgan fingerprint density at radius 3 is 2.52 bits per heavy atom. The molecule has 1 saturated heterocycles. The van der Waals surface area contributed by atoms with Crippen molar-refractivity contribution in [2.45, 2.75) is 13.0 Å². The van der Waals surface area contributed by atoms with Crippen molar-refractivity contribution >= 4 is 21.4 Å². The van der Waals surface area contributed by atoms with Gasteiger partial charge in [-0.05, 0) is 40.4 Å². The fourth-order valence-electron chi connectivity index (χ4n) is 3.60. The Morgan fingerprint density at radius 1 is 0.957 bits per heavy atom. The molecule has 118 valence electrons. The predicted molar refractivity (Wildman–Crippen MR) is 99.3 cm³/mol. The number of benzene rings is 2. The van der Waals surface area contributed by atoms with Gasteiger partial charge in [0.25, 0.3) is 0 Å². The van der Waals surface area contributed by atoms with E-state index in [4.69, 9.17) is 0 Å². The van der Waals surface area contributed by atoms with Gasteiger partial charge in [-0.3, -0.25) is 4.90 Å². The van der Waals surface area contributed by atoms with E-state index < -0.39 is 0 Å². The van der Waals surface area contributed by atoms with Crippen LogP contribution in [0.3, 0.4) is 0 Å². The molecule has 0 aliphatic carbocycles. The van der Waals surface area contributed by atoms with Crippen LogP contribution in [0.15, 0.2) is 53.9 Å². The molecule has 1 fully saturated rings. The van der Waals surface area contributed by atoms with E-state index >= 15 is 0 Å². The normalized spacial score (nSPS) is 17.4. The summed E-state index contributed by atoms with van der Waals surface area (Å²) in [6, 6.07) is 18.0. The molecule has 4 rings (SSSR count). The van der Waals surface area contributed by atoms with E-state index in [0.29, 0.717) is 6.04 Å². The average Bonchev–Trinajstić information content (AvgIpc) is 3.02. The standard InChI is InChI=1S/C20H22N2S/c1-15-6-2-3-7-16(15)20(22-12-10-21-11-13-22)18-14-23-19-9-5-4-8-17(18)19/h2-9,14,20-21H,10-13H2,1H3. The van der Waals surface area contributed by atoms with Gasteiger partial charge in [-0.2, -0.15) is 0 Å². The van der Waals surface area contributed by atoms with Crippen LogP contribution < -0.4 is 5.32 Å². The molecule has 0 spiro atoms. The summed E-state index contributed by atoms with van der Waals surface area (Å²) in [7, 11) is 0. The first-order valence-electron chi connectivity index (χ1n) is 8.31. The number of piperazine rings is 1. The smallest absolute Gasteiger partial charge is 0.0619 e. The van der Waals surface area contributed by atoms with Crippen LogP contribution in [0.5, 0.6) is 0 Å². The Hall–Kier alpha value is -1.68. The molecule has 1 aliphatic heterocycles. The lowest BCUT2D eigenvalue weighted by atomic mass is 9.93. The lowest BCUT2D eigenvalue weighted by molar-refractivity contribution is 0.199. The fourth-order valence-corrected chi connectivity index (χ4v) is 4.58. The monoisotopic (exact) mass is 322 g/mol. The van der Waals surface area contributed by atoms with Gasteiger partial charge in [0.2, 0.25) is 0 Å². The van der Waals surface area contributed by atoms with Crippen molar-refractivity contribution < 1.29 is 0 Å². The zero-order valence-corrected chi connectivity index (χ0v) is 14.3. The maximum Gasteiger partial charge on any atom is 0.0619 e. The molecular weight excluding hydrogens is 300 g/mol. The van der Waals surface area contributed by atoms with Crippen LogP contribution in [0, 0.1) is 6.92 Å². The number of thiophene rings is 1. The minimum Gasteiger partial charge on any atom is -0.314 e. The molecule has 1 aromatic heterocycles. The summed E-state index contributed by atoms with van der Waals surface area (Å²) in [6.07, 6.45) is 0. The van der Waals surface area contributed by atoms with Gasteiger partial charge >= 0.3 is 0 Å². The highest BCUT2D eigenvalue weighted by atomic mass is 32.1. The van der Waals surface area contributed by atoms with Crippen LogP contribution in [-0.4, -0.2) is 31.1 Å². The number of nitrogens with zero attached hydrogens (tertiary/aromatic N) is 1. The molecule has 1 unspecified atom stereocenters. The van der Waals surface area contributed by atoms with E-state index in [9.17, 15) is 0 Å².